The van der Waals surface area contributed by atoms with Crippen molar-refractivity contribution in [2.24, 2.45) is 5.92 Å². The highest BCUT2D eigenvalue weighted by molar-refractivity contribution is 5.77. The van der Waals surface area contributed by atoms with Crippen LogP contribution < -0.4 is 0 Å². The van der Waals surface area contributed by atoms with Crippen molar-refractivity contribution in [3.8, 4) is 0 Å². The van der Waals surface area contributed by atoms with Gasteiger partial charge >= 0.3 is 0 Å². The number of carbonyl (C=O) groups excluding carboxylic acids is 1. The van der Waals surface area contributed by atoms with Gasteiger partial charge in [-0.25, -0.2) is 0 Å². The maximum atomic E-state index is 12.7. The van der Waals surface area contributed by atoms with Crippen LogP contribution in [0.4, 0.5) is 0 Å². The van der Waals surface area contributed by atoms with Crippen LogP contribution in [0.2, 0.25) is 0 Å². The van der Waals surface area contributed by atoms with Gasteiger partial charge in [-0.1, -0.05) is 71.3 Å². The van der Waals surface area contributed by atoms with Gasteiger partial charge in [-0.2, -0.15) is 0 Å². The topological polar surface area (TPSA) is 53.4 Å². The van der Waals surface area contributed by atoms with Crippen molar-refractivity contribution < 1.29 is 9.90 Å². The summed E-state index contributed by atoms with van der Waals surface area (Å²) in [5.41, 5.74) is 1.11. The third kappa shape index (κ3) is 7.90. The van der Waals surface area contributed by atoms with Crippen LogP contribution in [0.1, 0.15) is 103 Å². The molecule has 1 aliphatic rings. The van der Waals surface area contributed by atoms with E-state index in [1.807, 2.05) is 23.2 Å². The van der Waals surface area contributed by atoms with Gasteiger partial charge in [0.1, 0.15) is 0 Å². The summed E-state index contributed by atoms with van der Waals surface area (Å²) in [6.07, 6.45) is 16.2. The van der Waals surface area contributed by atoms with Crippen molar-refractivity contribution in [1.82, 2.24) is 9.88 Å². The van der Waals surface area contributed by atoms with Gasteiger partial charge in [-0.3, -0.25) is 9.78 Å². The van der Waals surface area contributed by atoms with Gasteiger partial charge in [0.05, 0.1) is 18.6 Å². The Balaban J connectivity index is 1.58. The molecule has 28 heavy (non-hydrogen) atoms. The maximum absolute atomic E-state index is 12.7. The Bertz CT molecular complexity index is 549. The minimum absolute atomic E-state index is 0.0869. The van der Waals surface area contributed by atoms with E-state index in [-0.39, 0.29) is 18.4 Å². The van der Waals surface area contributed by atoms with E-state index in [0.717, 1.165) is 50.1 Å². The van der Waals surface area contributed by atoms with Crippen LogP contribution in [0.3, 0.4) is 0 Å². The first-order valence-electron chi connectivity index (χ1n) is 11.5. The van der Waals surface area contributed by atoms with Crippen LogP contribution in [-0.4, -0.2) is 33.5 Å². The molecule has 0 saturated carbocycles. The smallest absolute Gasteiger partial charge is 0.225 e. The Morgan fingerprint density at radius 3 is 2.61 bits per heavy atom. The molecular formula is C24H40N2O2. The quantitative estimate of drug-likeness (QED) is 0.443. The molecule has 0 spiro atoms. The second kappa shape index (κ2) is 12.9. The predicted molar refractivity (Wildman–Crippen MR) is 115 cm³/mol. The molecule has 3 atom stereocenters. The van der Waals surface area contributed by atoms with E-state index in [1.54, 1.807) is 6.20 Å². The molecule has 0 radical (unpaired) electrons. The fourth-order valence-corrected chi connectivity index (χ4v) is 4.19. The molecule has 3 unspecified atom stereocenters. The standard InChI is InChI=1S/C24H40N2O2/c1-3-20(2)12-8-6-4-5-7-9-14-22(27)18-24(28)26-17-11-15-23(26)21-13-10-16-25-19-21/h10,13,16,19-20,22-23,27H,3-9,11-12,14-15,17-18H2,1-2H3. The third-order valence-corrected chi connectivity index (χ3v) is 6.23. The average Bonchev–Trinajstić information content (AvgIpc) is 3.20. The predicted octanol–water partition coefficient (Wildman–Crippen LogP) is 5.66. The fraction of sp³-hybridized carbons (Fsp3) is 0.750. The zero-order valence-corrected chi connectivity index (χ0v) is 18.0. The van der Waals surface area contributed by atoms with Gasteiger partial charge in [-0.15, -0.1) is 0 Å². The van der Waals surface area contributed by atoms with Crippen LogP contribution in [0, 0.1) is 5.92 Å². The Morgan fingerprint density at radius 2 is 1.93 bits per heavy atom. The number of aliphatic hydroxyl groups excluding tert-OH is 1. The molecule has 0 aliphatic carbocycles. The number of unbranched alkanes of at least 4 members (excludes halogenated alkanes) is 5. The highest BCUT2D eigenvalue weighted by atomic mass is 16.3. The number of hydrogen-bond donors (Lipinski definition) is 1. The number of hydrogen-bond acceptors (Lipinski definition) is 3. The van der Waals surface area contributed by atoms with Crippen molar-refractivity contribution in [1.29, 1.82) is 0 Å². The van der Waals surface area contributed by atoms with Crippen molar-refractivity contribution in [2.75, 3.05) is 6.54 Å². The highest BCUT2D eigenvalue weighted by Gasteiger charge is 2.30. The summed E-state index contributed by atoms with van der Waals surface area (Å²) in [4.78, 5) is 18.8. The lowest BCUT2D eigenvalue weighted by Gasteiger charge is -2.26. The zero-order valence-electron chi connectivity index (χ0n) is 18.0. The lowest BCUT2D eigenvalue weighted by atomic mass is 9.99. The van der Waals surface area contributed by atoms with Crippen molar-refractivity contribution in [2.45, 2.75) is 103 Å². The number of carbonyl (C=O) groups is 1. The monoisotopic (exact) mass is 388 g/mol. The minimum atomic E-state index is -0.506. The van der Waals surface area contributed by atoms with E-state index in [9.17, 15) is 9.90 Å². The van der Waals surface area contributed by atoms with Crippen LogP contribution in [0.15, 0.2) is 24.5 Å². The summed E-state index contributed by atoms with van der Waals surface area (Å²) in [5.74, 6) is 0.949. The normalized spacial score (nSPS) is 19.0. The molecule has 1 N–H and O–H groups in total. The van der Waals surface area contributed by atoms with Crippen LogP contribution >= 0.6 is 0 Å². The van der Waals surface area contributed by atoms with E-state index in [2.05, 4.69) is 18.8 Å². The van der Waals surface area contributed by atoms with Gasteiger partial charge < -0.3 is 10.0 Å². The number of pyridine rings is 1. The largest absolute Gasteiger partial charge is 0.393 e. The van der Waals surface area contributed by atoms with Crippen molar-refractivity contribution >= 4 is 5.91 Å². The second-order valence-corrected chi connectivity index (χ2v) is 8.60. The third-order valence-electron chi connectivity index (χ3n) is 6.23. The van der Waals surface area contributed by atoms with E-state index in [4.69, 9.17) is 0 Å². The molecular weight excluding hydrogens is 348 g/mol. The molecule has 4 heteroatoms. The summed E-state index contributed by atoms with van der Waals surface area (Å²) in [5, 5.41) is 10.3. The first-order valence-corrected chi connectivity index (χ1v) is 11.5. The SMILES string of the molecule is CCC(C)CCCCCCCCC(O)CC(=O)N1CCCC1c1cccnc1. The van der Waals surface area contributed by atoms with Gasteiger partial charge in [0.25, 0.3) is 0 Å². The van der Waals surface area contributed by atoms with Gasteiger partial charge in [0, 0.05) is 18.9 Å². The van der Waals surface area contributed by atoms with Crippen LogP contribution in [-0.2, 0) is 4.79 Å². The Hall–Kier alpha value is -1.42. The van der Waals surface area contributed by atoms with Crippen LogP contribution in [0.5, 0.6) is 0 Å². The lowest BCUT2D eigenvalue weighted by molar-refractivity contribution is -0.134. The van der Waals surface area contributed by atoms with E-state index >= 15 is 0 Å². The van der Waals surface area contributed by atoms with E-state index < -0.39 is 6.10 Å². The molecule has 1 fully saturated rings. The Kier molecular flexibility index (Phi) is 10.6. The number of rotatable bonds is 13. The fourth-order valence-electron chi connectivity index (χ4n) is 4.19. The number of aromatic nitrogens is 1. The first kappa shape index (κ1) is 22.9. The molecule has 1 aliphatic heterocycles. The molecule has 1 aromatic heterocycles. The summed E-state index contributed by atoms with van der Waals surface area (Å²) >= 11 is 0. The number of amides is 1. The van der Waals surface area contributed by atoms with Crippen molar-refractivity contribution in [3.05, 3.63) is 30.1 Å². The van der Waals surface area contributed by atoms with Crippen LogP contribution in [0.25, 0.3) is 0 Å². The van der Waals surface area contributed by atoms with Gasteiger partial charge in [-0.05, 0) is 36.8 Å². The molecule has 0 bridgehead atoms. The molecule has 2 heterocycles. The van der Waals surface area contributed by atoms with Gasteiger partial charge in [0.2, 0.25) is 5.91 Å². The van der Waals surface area contributed by atoms with Crippen molar-refractivity contribution in [3.63, 3.8) is 0 Å². The number of likely N-dealkylation sites (tertiary alicyclic amines) is 1. The summed E-state index contributed by atoms with van der Waals surface area (Å²) < 4.78 is 0. The Morgan fingerprint density at radius 1 is 1.21 bits per heavy atom. The molecule has 1 amide bonds. The average molecular weight is 389 g/mol. The second-order valence-electron chi connectivity index (χ2n) is 8.60. The molecule has 158 valence electrons. The maximum Gasteiger partial charge on any atom is 0.225 e. The highest BCUT2D eigenvalue weighted by Crippen LogP contribution is 2.32. The number of nitrogens with zero attached hydrogens (tertiary/aromatic N) is 2. The summed E-state index contributed by atoms with van der Waals surface area (Å²) in [6, 6.07) is 4.10. The molecule has 4 nitrogen and oxygen atoms in total. The molecule has 2 rings (SSSR count). The molecule has 0 aromatic carbocycles. The first-order chi connectivity index (χ1) is 13.6. The van der Waals surface area contributed by atoms with E-state index in [1.165, 1.54) is 38.5 Å². The molecule has 1 aromatic rings. The summed E-state index contributed by atoms with van der Waals surface area (Å²) in [7, 11) is 0. The zero-order chi connectivity index (χ0) is 20.2. The number of aliphatic hydroxyl groups is 1. The lowest BCUT2D eigenvalue weighted by Crippen LogP contribution is -2.33. The summed E-state index contributed by atoms with van der Waals surface area (Å²) in [6.45, 7) is 5.40. The van der Waals surface area contributed by atoms with E-state index in [0.29, 0.717) is 0 Å². The van der Waals surface area contributed by atoms with Gasteiger partial charge in [0.15, 0.2) is 0 Å². The minimum Gasteiger partial charge on any atom is -0.393 e. The molecule has 1 saturated heterocycles. The Labute approximate surface area is 171 Å².